The van der Waals surface area contributed by atoms with Crippen LogP contribution in [0, 0.1) is 0 Å². The molecule has 0 N–H and O–H groups in total. The molecule has 2 unspecified atom stereocenters. The van der Waals surface area contributed by atoms with Crippen molar-refractivity contribution in [1.82, 2.24) is 20.2 Å². The summed E-state index contributed by atoms with van der Waals surface area (Å²) in [6.07, 6.45) is 3.86. The van der Waals surface area contributed by atoms with Gasteiger partial charge in [-0.2, -0.15) is 0 Å². The van der Waals surface area contributed by atoms with E-state index in [0.717, 1.165) is 43.6 Å². The van der Waals surface area contributed by atoms with Crippen LogP contribution in [0.5, 0.6) is 0 Å². The van der Waals surface area contributed by atoms with E-state index in [4.69, 9.17) is 4.74 Å². The zero-order chi connectivity index (χ0) is 15.4. The lowest BCUT2D eigenvalue weighted by molar-refractivity contribution is -0.148. The number of hydrogen-bond acceptors (Lipinski definition) is 5. The number of aromatic nitrogens is 4. The molecular weight excluding hydrogens is 280 g/mol. The maximum Gasteiger partial charge on any atom is 0.303 e. The molecule has 3 rings (SSSR count). The second-order valence-electron chi connectivity index (χ2n) is 5.66. The molecule has 1 aliphatic rings. The molecule has 1 aliphatic heterocycles. The van der Waals surface area contributed by atoms with Gasteiger partial charge in [0.05, 0.1) is 5.92 Å². The first kappa shape index (κ1) is 14.7. The summed E-state index contributed by atoms with van der Waals surface area (Å²) in [5, 5.41) is 12.1. The van der Waals surface area contributed by atoms with Gasteiger partial charge in [0.1, 0.15) is 6.10 Å². The first-order valence-electron chi connectivity index (χ1n) is 7.74. The van der Waals surface area contributed by atoms with Crippen LogP contribution >= 0.6 is 0 Å². The normalized spacial score (nSPS) is 19.6. The first-order valence-corrected chi connectivity index (χ1v) is 7.74. The van der Waals surface area contributed by atoms with Crippen LogP contribution in [-0.4, -0.2) is 26.2 Å². The fourth-order valence-electron chi connectivity index (χ4n) is 3.06. The van der Waals surface area contributed by atoms with E-state index in [1.54, 1.807) is 0 Å². The number of nitrogens with zero attached hydrogens (tertiary/aromatic N) is 4. The van der Waals surface area contributed by atoms with Crippen LogP contribution in [0.15, 0.2) is 30.3 Å². The Labute approximate surface area is 129 Å². The van der Waals surface area contributed by atoms with Crippen molar-refractivity contribution in [2.45, 2.75) is 51.2 Å². The summed E-state index contributed by atoms with van der Waals surface area (Å²) in [5.74, 6) is 0.520. The van der Waals surface area contributed by atoms with E-state index in [1.165, 1.54) is 6.92 Å². The van der Waals surface area contributed by atoms with E-state index in [9.17, 15) is 4.79 Å². The molecule has 6 nitrogen and oxygen atoms in total. The second-order valence-corrected chi connectivity index (χ2v) is 5.66. The Morgan fingerprint density at radius 2 is 2.09 bits per heavy atom. The molecule has 0 aliphatic carbocycles. The molecule has 2 aromatic rings. The smallest absolute Gasteiger partial charge is 0.303 e. The van der Waals surface area contributed by atoms with Crippen LogP contribution in [-0.2, 0) is 16.1 Å². The van der Waals surface area contributed by atoms with Gasteiger partial charge in [-0.25, -0.2) is 4.68 Å². The maximum atomic E-state index is 11.6. The molecule has 2 atom stereocenters. The van der Waals surface area contributed by atoms with Crippen LogP contribution in [0.1, 0.15) is 56.0 Å². The molecule has 0 spiro atoms. The number of esters is 1. The Morgan fingerprint density at radius 3 is 2.86 bits per heavy atom. The van der Waals surface area contributed by atoms with Crippen molar-refractivity contribution in [3.63, 3.8) is 0 Å². The Balaban J connectivity index is 1.98. The number of fused-ring (bicyclic) bond motifs is 1. The standard InChI is InChI=1S/C16H20N4O2/c1-12(21)22-15(13-8-4-2-5-9-13)14-10-6-3-7-11-20-16(14)17-18-19-20/h2,4-5,8-9,14-15H,3,6-7,10-11H2,1H3. The molecule has 22 heavy (non-hydrogen) atoms. The van der Waals surface area contributed by atoms with Crippen molar-refractivity contribution >= 4 is 5.97 Å². The molecule has 1 aromatic heterocycles. The van der Waals surface area contributed by atoms with Crippen molar-refractivity contribution in [2.24, 2.45) is 0 Å². The second kappa shape index (κ2) is 6.68. The minimum Gasteiger partial charge on any atom is -0.457 e. The van der Waals surface area contributed by atoms with Crippen LogP contribution in [0.25, 0.3) is 0 Å². The molecule has 0 saturated heterocycles. The molecule has 0 saturated carbocycles. The maximum absolute atomic E-state index is 11.6. The zero-order valence-electron chi connectivity index (χ0n) is 12.7. The number of carbonyl (C=O) groups is 1. The number of carbonyl (C=O) groups excluding carboxylic acids is 1. The van der Waals surface area contributed by atoms with Gasteiger partial charge in [-0.3, -0.25) is 4.79 Å². The molecule has 6 heteroatoms. The number of aryl methyl sites for hydroxylation is 1. The summed E-state index contributed by atoms with van der Waals surface area (Å²) in [6.45, 7) is 2.27. The topological polar surface area (TPSA) is 69.9 Å². The fraction of sp³-hybridized carbons (Fsp3) is 0.500. The van der Waals surface area contributed by atoms with E-state index in [0.29, 0.717) is 0 Å². The largest absolute Gasteiger partial charge is 0.457 e. The summed E-state index contributed by atoms with van der Waals surface area (Å²) in [7, 11) is 0. The van der Waals surface area contributed by atoms with Crippen molar-refractivity contribution in [3.05, 3.63) is 41.7 Å². The third-order valence-electron chi connectivity index (χ3n) is 4.06. The lowest BCUT2D eigenvalue weighted by atomic mass is 9.89. The van der Waals surface area contributed by atoms with Crippen molar-refractivity contribution in [1.29, 1.82) is 0 Å². The first-order chi connectivity index (χ1) is 10.8. The van der Waals surface area contributed by atoms with Crippen LogP contribution in [0.4, 0.5) is 0 Å². The summed E-state index contributed by atoms with van der Waals surface area (Å²) in [6, 6.07) is 9.84. The van der Waals surface area contributed by atoms with Gasteiger partial charge >= 0.3 is 5.97 Å². The van der Waals surface area contributed by atoms with Crippen molar-refractivity contribution < 1.29 is 9.53 Å². The molecular formula is C16H20N4O2. The monoisotopic (exact) mass is 300 g/mol. The van der Waals surface area contributed by atoms with E-state index in [2.05, 4.69) is 15.5 Å². The zero-order valence-corrected chi connectivity index (χ0v) is 12.7. The lowest BCUT2D eigenvalue weighted by Crippen LogP contribution is -2.22. The van der Waals surface area contributed by atoms with Gasteiger partial charge in [-0.1, -0.05) is 43.2 Å². The molecule has 0 fully saturated rings. The predicted molar refractivity (Wildman–Crippen MR) is 80.0 cm³/mol. The summed E-state index contributed by atoms with van der Waals surface area (Å²) in [5.41, 5.74) is 0.984. The van der Waals surface area contributed by atoms with Gasteiger partial charge in [-0.05, 0) is 28.8 Å². The molecule has 0 amide bonds. The van der Waals surface area contributed by atoms with Crippen LogP contribution in [0.2, 0.25) is 0 Å². The SMILES string of the molecule is CC(=O)OC(c1ccccc1)C1CCCCCn2nnnc21. The van der Waals surface area contributed by atoms with Gasteiger partial charge in [0.2, 0.25) is 0 Å². The Bertz CT molecular complexity index is 626. The third-order valence-corrected chi connectivity index (χ3v) is 4.06. The van der Waals surface area contributed by atoms with Gasteiger partial charge in [0.25, 0.3) is 0 Å². The lowest BCUT2D eigenvalue weighted by Gasteiger charge is -2.27. The van der Waals surface area contributed by atoms with E-state index < -0.39 is 0 Å². The Morgan fingerprint density at radius 1 is 1.27 bits per heavy atom. The van der Waals surface area contributed by atoms with Crippen LogP contribution in [0.3, 0.4) is 0 Å². The van der Waals surface area contributed by atoms with Gasteiger partial charge < -0.3 is 4.74 Å². The molecule has 0 radical (unpaired) electrons. The highest BCUT2D eigenvalue weighted by molar-refractivity contribution is 5.66. The van der Waals surface area contributed by atoms with E-state index in [1.807, 2.05) is 35.0 Å². The van der Waals surface area contributed by atoms with Gasteiger partial charge in [0.15, 0.2) is 5.82 Å². The average Bonchev–Trinajstić information content (AvgIpc) is 2.94. The van der Waals surface area contributed by atoms with E-state index >= 15 is 0 Å². The number of hydrogen-bond donors (Lipinski definition) is 0. The fourth-order valence-corrected chi connectivity index (χ4v) is 3.06. The van der Waals surface area contributed by atoms with Gasteiger partial charge in [0, 0.05) is 13.5 Å². The number of rotatable bonds is 3. The minimum atomic E-state index is -0.346. The molecule has 1 aromatic carbocycles. The summed E-state index contributed by atoms with van der Waals surface area (Å²) >= 11 is 0. The number of tetrazole rings is 1. The Kier molecular flexibility index (Phi) is 4.46. The highest BCUT2D eigenvalue weighted by atomic mass is 16.5. The van der Waals surface area contributed by atoms with Crippen molar-refractivity contribution in [2.75, 3.05) is 0 Å². The quantitative estimate of drug-likeness (QED) is 0.815. The highest BCUT2D eigenvalue weighted by Crippen LogP contribution is 2.38. The average molecular weight is 300 g/mol. The summed E-state index contributed by atoms with van der Waals surface area (Å²) < 4.78 is 7.50. The predicted octanol–water partition coefficient (Wildman–Crippen LogP) is 2.64. The number of ether oxygens (including phenoxy) is 1. The van der Waals surface area contributed by atoms with E-state index in [-0.39, 0.29) is 18.0 Å². The summed E-state index contributed by atoms with van der Waals surface area (Å²) in [4.78, 5) is 11.6. The highest BCUT2D eigenvalue weighted by Gasteiger charge is 2.32. The molecule has 116 valence electrons. The Hall–Kier alpha value is -2.24. The van der Waals surface area contributed by atoms with Crippen molar-refractivity contribution in [3.8, 4) is 0 Å². The molecule has 0 bridgehead atoms. The number of benzene rings is 1. The minimum absolute atomic E-state index is 0.0124. The molecule has 2 heterocycles. The van der Waals surface area contributed by atoms with Crippen LogP contribution < -0.4 is 0 Å². The third kappa shape index (κ3) is 3.16. The van der Waals surface area contributed by atoms with Gasteiger partial charge in [-0.15, -0.1) is 5.10 Å².